The molecule has 2 aliphatic rings. The molecule has 0 aliphatic carbocycles. The highest BCUT2D eigenvalue weighted by atomic mass is 16.5. The van der Waals surface area contributed by atoms with Crippen LogP contribution in [-0.4, -0.2) is 74.3 Å². The zero-order valence-corrected chi connectivity index (χ0v) is 14.6. The number of amides is 2. The number of nitrogens with zero attached hydrogens (tertiary/aromatic N) is 2. The minimum absolute atomic E-state index is 0.0386. The highest BCUT2D eigenvalue weighted by molar-refractivity contribution is 5.80. The van der Waals surface area contributed by atoms with Gasteiger partial charge >= 0.3 is 0 Å². The fourth-order valence-electron chi connectivity index (χ4n) is 3.35. The second-order valence-corrected chi connectivity index (χ2v) is 6.33. The number of carbonyl (C=O) groups is 2. The van der Waals surface area contributed by atoms with Gasteiger partial charge in [-0.3, -0.25) is 9.59 Å². The summed E-state index contributed by atoms with van der Waals surface area (Å²) >= 11 is 0. The SMILES string of the molecule is COCCC(=O)N1C[C@@H]2[C@@H](C1)OCC(=O)N2Cc1ccc(OC)cc1. The van der Waals surface area contributed by atoms with Gasteiger partial charge in [0.1, 0.15) is 12.4 Å². The molecule has 0 aromatic heterocycles. The summed E-state index contributed by atoms with van der Waals surface area (Å²) in [6, 6.07) is 7.56. The van der Waals surface area contributed by atoms with Gasteiger partial charge in [0.2, 0.25) is 11.8 Å². The summed E-state index contributed by atoms with van der Waals surface area (Å²) in [5, 5.41) is 0. The molecule has 7 heteroatoms. The Bertz CT molecular complexity index is 618. The van der Waals surface area contributed by atoms with Gasteiger partial charge in [0, 0.05) is 26.7 Å². The lowest BCUT2D eigenvalue weighted by molar-refractivity contribution is -0.153. The van der Waals surface area contributed by atoms with Crippen LogP contribution in [0.5, 0.6) is 5.75 Å². The summed E-state index contributed by atoms with van der Waals surface area (Å²) in [6.07, 6.45) is 0.227. The molecule has 1 aromatic carbocycles. The van der Waals surface area contributed by atoms with Crippen molar-refractivity contribution in [3.05, 3.63) is 29.8 Å². The van der Waals surface area contributed by atoms with E-state index in [0.717, 1.165) is 11.3 Å². The molecule has 2 fully saturated rings. The molecule has 0 bridgehead atoms. The Labute approximate surface area is 147 Å². The second kappa shape index (κ2) is 7.84. The van der Waals surface area contributed by atoms with Crippen LogP contribution in [0.1, 0.15) is 12.0 Å². The molecule has 2 heterocycles. The van der Waals surface area contributed by atoms with Gasteiger partial charge in [-0.2, -0.15) is 0 Å². The molecular formula is C18H24N2O5. The van der Waals surface area contributed by atoms with Gasteiger partial charge in [-0.15, -0.1) is 0 Å². The lowest BCUT2D eigenvalue weighted by Crippen LogP contribution is -2.53. The van der Waals surface area contributed by atoms with E-state index in [9.17, 15) is 9.59 Å². The predicted molar refractivity (Wildman–Crippen MR) is 90.1 cm³/mol. The van der Waals surface area contributed by atoms with Gasteiger partial charge in [-0.1, -0.05) is 12.1 Å². The van der Waals surface area contributed by atoms with Crippen molar-refractivity contribution in [2.24, 2.45) is 0 Å². The van der Waals surface area contributed by atoms with E-state index >= 15 is 0 Å². The lowest BCUT2D eigenvalue weighted by Gasteiger charge is -2.36. The third-order valence-electron chi connectivity index (χ3n) is 4.76. The molecule has 2 aliphatic heterocycles. The Hall–Kier alpha value is -2.12. The van der Waals surface area contributed by atoms with E-state index in [1.54, 1.807) is 19.1 Å². The van der Waals surface area contributed by atoms with Crippen LogP contribution >= 0.6 is 0 Å². The molecule has 2 saturated heterocycles. The predicted octanol–water partition coefficient (Wildman–Crippen LogP) is 0.670. The van der Waals surface area contributed by atoms with Crippen LogP contribution in [0.3, 0.4) is 0 Å². The third-order valence-corrected chi connectivity index (χ3v) is 4.76. The van der Waals surface area contributed by atoms with Crippen LogP contribution < -0.4 is 4.74 Å². The van der Waals surface area contributed by atoms with E-state index in [0.29, 0.717) is 32.7 Å². The van der Waals surface area contributed by atoms with Crippen LogP contribution in [0.2, 0.25) is 0 Å². The molecule has 25 heavy (non-hydrogen) atoms. The van der Waals surface area contributed by atoms with Gasteiger partial charge in [0.25, 0.3) is 0 Å². The van der Waals surface area contributed by atoms with Crippen LogP contribution in [0.15, 0.2) is 24.3 Å². The Balaban J connectivity index is 1.68. The molecule has 2 amide bonds. The standard InChI is InChI=1S/C18H24N2O5/c1-23-8-7-17(21)19-10-15-16(11-19)25-12-18(22)20(15)9-13-3-5-14(24-2)6-4-13/h3-6,15-16H,7-12H2,1-2H3/t15-,16-/m1/s1. The Morgan fingerprint density at radius 2 is 2.00 bits per heavy atom. The number of carbonyl (C=O) groups excluding carboxylic acids is 2. The molecule has 0 saturated carbocycles. The molecule has 1 aromatic rings. The van der Waals surface area contributed by atoms with E-state index in [2.05, 4.69) is 0 Å². The van der Waals surface area contributed by atoms with Crippen molar-refractivity contribution in [1.82, 2.24) is 9.80 Å². The number of morpholine rings is 1. The molecule has 0 spiro atoms. The lowest BCUT2D eigenvalue weighted by atomic mass is 10.1. The van der Waals surface area contributed by atoms with Crippen molar-refractivity contribution in [3.63, 3.8) is 0 Å². The van der Waals surface area contributed by atoms with E-state index in [1.807, 2.05) is 29.2 Å². The maximum atomic E-state index is 12.4. The molecular weight excluding hydrogens is 324 g/mol. The topological polar surface area (TPSA) is 68.3 Å². The summed E-state index contributed by atoms with van der Waals surface area (Å²) in [7, 11) is 3.20. The van der Waals surface area contributed by atoms with Crippen LogP contribution in [0.4, 0.5) is 0 Å². The first kappa shape index (κ1) is 17.7. The second-order valence-electron chi connectivity index (χ2n) is 6.33. The molecule has 0 radical (unpaired) electrons. The average Bonchev–Trinajstić information content (AvgIpc) is 3.07. The number of likely N-dealkylation sites (tertiary alicyclic amines) is 1. The molecule has 2 atom stereocenters. The smallest absolute Gasteiger partial charge is 0.249 e. The van der Waals surface area contributed by atoms with Crippen molar-refractivity contribution >= 4 is 11.8 Å². The Morgan fingerprint density at radius 3 is 2.68 bits per heavy atom. The maximum Gasteiger partial charge on any atom is 0.249 e. The highest BCUT2D eigenvalue weighted by Gasteiger charge is 2.44. The van der Waals surface area contributed by atoms with Gasteiger partial charge in [-0.25, -0.2) is 0 Å². The maximum absolute atomic E-state index is 12.4. The van der Waals surface area contributed by atoms with E-state index in [1.165, 1.54) is 0 Å². The minimum atomic E-state index is -0.123. The zero-order valence-electron chi connectivity index (χ0n) is 14.6. The Kier molecular flexibility index (Phi) is 5.55. The number of ether oxygens (including phenoxy) is 3. The van der Waals surface area contributed by atoms with Gasteiger partial charge in [0.15, 0.2) is 0 Å². The monoisotopic (exact) mass is 348 g/mol. The van der Waals surface area contributed by atoms with Crippen LogP contribution in [0.25, 0.3) is 0 Å². The largest absolute Gasteiger partial charge is 0.497 e. The van der Waals surface area contributed by atoms with Crippen LogP contribution in [0, 0.1) is 0 Å². The summed E-state index contributed by atoms with van der Waals surface area (Å²) in [5.41, 5.74) is 1.03. The Morgan fingerprint density at radius 1 is 1.24 bits per heavy atom. The van der Waals surface area contributed by atoms with Crippen molar-refractivity contribution in [3.8, 4) is 5.75 Å². The number of benzene rings is 1. The van der Waals surface area contributed by atoms with Gasteiger partial charge < -0.3 is 24.0 Å². The minimum Gasteiger partial charge on any atom is -0.497 e. The fraction of sp³-hybridized carbons (Fsp3) is 0.556. The number of hydrogen-bond donors (Lipinski definition) is 0. The molecule has 0 unspecified atom stereocenters. The molecule has 7 nitrogen and oxygen atoms in total. The first-order valence-corrected chi connectivity index (χ1v) is 8.43. The number of rotatable bonds is 6. The molecule has 136 valence electrons. The fourth-order valence-corrected chi connectivity index (χ4v) is 3.35. The average molecular weight is 348 g/mol. The van der Waals surface area contributed by atoms with Crippen molar-refractivity contribution in [1.29, 1.82) is 0 Å². The normalized spacial score (nSPS) is 22.9. The number of methoxy groups -OCH3 is 2. The summed E-state index contributed by atoms with van der Waals surface area (Å²) in [6.45, 7) is 2.01. The first-order valence-electron chi connectivity index (χ1n) is 8.43. The number of hydrogen-bond acceptors (Lipinski definition) is 5. The van der Waals surface area contributed by atoms with E-state index < -0.39 is 0 Å². The van der Waals surface area contributed by atoms with Crippen molar-refractivity contribution < 1.29 is 23.8 Å². The quantitative estimate of drug-likeness (QED) is 0.756. The van der Waals surface area contributed by atoms with E-state index in [-0.39, 0.29) is 30.6 Å². The highest BCUT2D eigenvalue weighted by Crippen LogP contribution is 2.26. The summed E-state index contributed by atoms with van der Waals surface area (Å²) in [5.74, 6) is 0.783. The molecule has 3 rings (SSSR count). The van der Waals surface area contributed by atoms with Crippen LogP contribution in [-0.2, 0) is 25.6 Å². The van der Waals surface area contributed by atoms with E-state index in [4.69, 9.17) is 14.2 Å². The van der Waals surface area contributed by atoms with Gasteiger partial charge in [-0.05, 0) is 17.7 Å². The first-order chi connectivity index (χ1) is 12.1. The number of fused-ring (bicyclic) bond motifs is 1. The zero-order chi connectivity index (χ0) is 17.8. The van der Waals surface area contributed by atoms with Crippen molar-refractivity contribution in [2.75, 3.05) is 40.5 Å². The van der Waals surface area contributed by atoms with Crippen molar-refractivity contribution in [2.45, 2.75) is 25.1 Å². The summed E-state index contributed by atoms with van der Waals surface area (Å²) in [4.78, 5) is 28.2. The summed E-state index contributed by atoms with van der Waals surface area (Å²) < 4.78 is 15.8. The molecule has 0 N–H and O–H groups in total. The van der Waals surface area contributed by atoms with Gasteiger partial charge in [0.05, 0.1) is 32.3 Å². The third kappa shape index (κ3) is 3.93.